The average molecular weight is 1690 g/mol. The van der Waals surface area contributed by atoms with E-state index < -0.39 is 71.9 Å². The van der Waals surface area contributed by atoms with Crippen molar-refractivity contribution in [1.82, 2.24) is 0 Å². The van der Waals surface area contributed by atoms with Crippen molar-refractivity contribution in [3.05, 3.63) is 94.0 Å². The Bertz CT molecular complexity index is 4100. The molecule has 4 aromatic rings. The lowest BCUT2D eigenvalue weighted by Gasteiger charge is -2.55. The van der Waals surface area contributed by atoms with Gasteiger partial charge in [0.15, 0.2) is 36.6 Å². The second-order valence-electron chi connectivity index (χ2n) is 34.1. The number of ketones is 2. The van der Waals surface area contributed by atoms with E-state index >= 15 is 0 Å². The summed E-state index contributed by atoms with van der Waals surface area (Å²) in [6, 6.07) is 16.8. The molecular formula is C90H127Cl3N4O16S2. The van der Waals surface area contributed by atoms with E-state index in [2.05, 4.69) is 35.1 Å². The number of hydrogen-bond donors (Lipinski definition) is 5. The highest BCUT2D eigenvalue weighted by atomic mass is 35.5. The predicted octanol–water partition coefficient (Wildman–Crippen LogP) is 21.6. The predicted molar refractivity (Wildman–Crippen MR) is 456 cm³/mol. The summed E-state index contributed by atoms with van der Waals surface area (Å²) >= 11 is 18.2. The Morgan fingerprint density at radius 3 is 1.08 bits per heavy atom. The summed E-state index contributed by atoms with van der Waals surface area (Å²) in [5, 5.41) is 19.9. The van der Waals surface area contributed by atoms with Gasteiger partial charge < -0.3 is 40.6 Å². The van der Waals surface area contributed by atoms with E-state index in [0.717, 1.165) is 109 Å². The fourth-order valence-corrected chi connectivity index (χ4v) is 20.4. The van der Waals surface area contributed by atoms with Crippen LogP contribution in [0.3, 0.4) is 0 Å². The summed E-state index contributed by atoms with van der Waals surface area (Å²) < 4.78 is 65.3. The molecule has 0 spiro atoms. The van der Waals surface area contributed by atoms with Gasteiger partial charge in [-0.15, -0.1) is 11.6 Å². The topological polar surface area (TPSA) is 301 Å². The van der Waals surface area contributed by atoms with Crippen LogP contribution in [0.2, 0.25) is 10.0 Å². The van der Waals surface area contributed by atoms with E-state index in [9.17, 15) is 60.3 Å². The van der Waals surface area contributed by atoms with E-state index in [1.165, 1.54) is 247 Å². The number of rotatable bonds is 46. The molecule has 2 unspecified atom stereocenters. The molecule has 20 nitrogen and oxygen atoms in total. The number of carbonyl (C=O) groups is 8. The lowest BCUT2D eigenvalue weighted by Crippen LogP contribution is -2.51. The van der Waals surface area contributed by atoms with Crippen LogP contribution in [0.25, 0.3) is 0 Å². The van der Waals surface area contributed by atoms with Crippen LogP contribution >= 0.6 is 34.8 Å². The van der Waals surface area contributed by atoms with Crippen LogP contribution in [0.1, 0.15) is 305 Å². The second-order valence-corrected chi connectivity index (χ2v) is 39.4. The van der Waals surface area contributed by atoms with E-state index in [4.69, 9.17) is 49.0 Å². The number of alkyl halides is 1. The third-order valence-electron chi connectivity index (χ3n) is 24.1. The maximum atomic E-state index is 14.0. The number of ether oxygens (including phenoxy) is 3. The molecule has 4 amide bonds. The van der Waals surface area contributed by atoms with Crippen LogP contribution in [-0.2, 0) is 57.9 Å². The molecule has 636 valence electrons. The monoisotopic (exact) mass is 1690 g/mol. The number of unbranched alkanes of at least 4 members (excludes halogenated alkanes) is 26. The van der Waals surface area contributed by atoms with E-state index in [-0.39, 0.29) is 89.0 Å². The molecule has 115 heavy (non-hydrogen) atoms. The molecule has 8 bridgehead atoms. The van der Waals surface area contributed by atoms with Gasteiger partial charge in [-0.05, 0) is 212 Å². The Labute approximate surface area is 698 Å². The largest absolute Gasteiger partial charge is 0.506 e. The highest BCUT2D eigenvalue weighted by Crippen LogP contribution is 2.62. The standard InChI is InChI=1S/C45H63ClN2O8S.C27H41Cl2NO4.C18H23NO4S/c1-4-5-6-7-8-9-10-11-12-13-14-15-16-17-22-55-43(51)35-18-20-37(46)38(26-35)47-42(50)41(31(2)49)56-40-21-19-36(57(3,53)54)27-39(40)48-44(52)45-28-32-23-33(29-45)25-34(24-32)30-45;1-3-4-5-6-7-8-9-10-11-12-13-14-15-16-19-34-27(33)22-17-18-23(28)24(20-22)30-26(32)25(29)21(2)31;1-24(22,23)14-2-3-16(20)15(7-14)19-17(21)18-8-11-4-12(9-18)6-13(5-11)10-18/h18-21,26-27,32-34,41H,4-17,22-25,28-30H2,1-3H3,(H,47,50)(H,48,52);17-18,20,25H,3-16,19H2,1-2H3,(H,30,32);2-3,7,11-13,20H,4-6,8-10H2,1H3,(H,19,21). The first-order valence-corrected chi connectivity index (χ1v) is 47.7. The minimum atomic E-state index is -3.67. The Morgan fingerprint density at radius 2 is 0.739 bits per heavy atom. The molecule has 0 heterocycles. The highest BCUT2D eigenvalue weighted by molar-refractivity contribution is 7.91. The molecular weight excluding hydrogens is 1560 g/mol. The smallest absolute Gasteiger partial charge is 0.338 e. The minimum absolute atomic E-state index is 0.0252. The maximum Gasteiger partial charge on any atom is 0.338 e. The number of sulfone groups is 2. The van der Waals surface area contributed by atoms with E-state index in [1.807, 2.05) is 0 Å². The minimum Gasteiger partial charge on any atom is -0.506 e. The Hall–Kier alpha value is -6.59. The SMILES string of the molecule is CCCCCCCCCCCCCCCCOC(=O)c1ccc(Cl)c(NC(=O)C(Cl)C(C)=O)c1.CCCCCCCCCCCCCCCCOC(=O)c1ccc(Cl)c(NC(=O)C(Oc2ccc(S(C)(=O)=O)cc2NC(=O)C23CC4CC(CC(C4)C2)C3)C(C)=O)c1.CS(=O)(=O)c1ccc(O)c(NC(=O)C23CC4CC(CC(C4)C2)C3)c1. The van der Waals surface area contributed by atoms with Crippen molar-refractivity contribution in [2.45, 2.75) is 306 Å². The molecule has 8 aliphatic carbocycles. The van der Waals surface area contributed by atoms with Gasteiger partial charge in [0.1, 0.15) is 11.5 Å². The van der Waals surface area contributed by atoms with E-state index in [1.54, 1.807) is 0 Å². The number of amides is 4. The zero-order chi connectivity index (χ0) is 83.3. The average Bonchev–Trinajstić information content (AvgIpc) is 0.744. The van der Waals surface area contributed by atoms with Crippen LogP contribution in [-0.4, -0.2) is 106 Å². The fourth-order valence-electron chi connectivity index (χ4n) is 18.7. The number of halogens is 3. The lowest BCUT2D eigenvalue weighted by atomic mass is 9.49. The Morgan fingerprint density at radius 1 is 0.417 bits per heavy atom. The van der Waals surface area contributed by atoms with Gasteiger partial charge >= 0.3 is 11.9 Å². The number of carbonyl (C=O) groups excluding carboxylic acids is 8. The fraction of sp³-hybridized carbons (Fsp3) is 0.644. The molecule has 8 fully saturated rings. The molecule has 8 aliphatic rings. The van der Waals surface area contributed by atoms with E-state index in [0.29, 0.717) is 42.1 Å². The van der Waals surface area contributed by atoms with Crippen LogP contribution in [0.5, 0.6) is 11.5 Å². The van der Waals surface area contributed by atoms with Gasteiger partial charge in [0, 0.05) is 12.5 Å². The summed E-state index contributed by atoms with van der Waals surface area (Å²) in [6.45, 7) is 7.55. The number of aromatic hydroxyl groups is 1. The first kappa shape index (κ1) is 93.9. The Kier molecular flexibility index (Phi) is 37.6. The molecule has 4 aromatic carbocycles. The first-order chi connectivity index (χ1) is 54.9. The number of anilines is 4. The van der Waals surface area contributed by atoms with Gasteiger partial charge in [-0.1, -0.05) is 204 Å². The molecule has 0 aliphatic heterocycles. The van der Waals surface area contributed by atoms with Gasteiger partial charge in [-0.2, -0.15) is 0 Å². The van der Waals surface area contributed by atoms with Crippen LogP contribution in [0.15, 0.2) is 82.6 Å². The van der Waals surface area contributed by atoms with Crippen molar-refractivity contribution >= 4 is 124 Å². The number of benzene rings is 4. The Balaban J connectivity index is 0.000000240. The number of hydrogen-bond acceptors (Lipinski definition) is 16. The van der Waals surface area contributed by atoms with Gasteiger partial charge in [0.05, 0.1) is 77.8 Å². The summed E-state index contributed by atoms with van der Waals surface area (Å²) in [5.41, 5.74) is 0.153. The van der Waals surface area contributed by atoms with Gasteiger partial charge in [0.2, 0.25) is 23.8 Å². The molecule has 25 heteroatoms. The second kappa shape index (κ2) is 46.1. The van der Waals surface area contributed by atoms with Crippen molar-refractivity contribution in [1.29, 1.82) is 0 Å². The van der Waals surface area contributed by atoms with Crippen molar-refractivity contribution in [2.24, 2.45) is 46.3 Å². The van der Waals surface area contributed by atoms with Crippen LogP contribution in [0, 0.1) is 46.3 Å². The zero-order valence-corrected chi connectivity index (χ0v) is 72.7. The number of phenols is 1. The maximum absolute atomic E-state index is 14.0. The molecule has 12 rings (SSSR count). The number of nitrogens with one attached hydrogen (secondary N) is 4. The van der Waals surface area contributed by atoms with Gasteiger partial charge in [-0.25, -0.2) is 26.4 Å². The summed E-state index contributed by atoms with van der Waals surface area (Å²) in [7, 11) is -7.05. The summed E-state index contributed by atoms with van der Waals surface area (Å²) in [6.07, 6.45) is 47.9. The highest BCUT2D eigenvalue weighted by Gasteiger charge is 2.56. The first-order valence-electron chi connectivity index (χ1n) is 42.8. The summed E-state index contributed by atoms with van der Waals surface area (Å²) in [4.78, 5) is 102. The quantitative estimate of drug-likeness (QED) is 0.00903. The molecule has 8 saturated carbocycles. The van der Waals surface area contributed by atoms with Crippen LogP contribution in [0.4, 0.5) is 22.7 Å². The molecule has 0 saturated heterocycles. The molecule has 2 atom stereocenters. The lowest BCUT2D eigenvalue weighted by molar-refractivity contribution is -0.141. The van der Waals surface area contributed by atoms with Crippen molar-refractivity contribution < 1.29 is 74.5 Å². The zero-order valence-electron chi connectivity index (χ0n) is 68.8. The molecule has 0 aromatic heterocycles. The number of Topliss-reactive ketones (excluding diaryl/α,β-unsaturated/α-hetero) is 2. The van der Waals surface area contributed by atoms with Crippen molar-refractivity contribution in [3.63, 3.8) is 0 Å². The number of phenolic OH excluding ortho intramolecular Hbond substituents is 1. The normalized spacial score (nSPS) is 21.3. The molecule has 5 N–H and O–H groups in total. The molecule has 0 radical (unpaired) electrons. The third-order valence-corrected chi connectivity index (χ3v) is 27.5. The van der Waals surface area contributed by atoms with Gasteiger partial charge in [-0.3, -0.25) is 28.8 Å². The number of esters is 2. The third kappa shape index (κ3) is 29.4. The van der Waals surface area contributed by atoms with Crippen LogP contribution < -0.4 is 26.0 Å². The van der Waals surface area contributed by atoms with Gasteiger partial charge in [0.25, 0.3) is 5.91 Å². The van der Waals surface area contributed by atoms with Crippen molar-refractivity contribution in [2.75, 3.05) is 47.0 Å². The summed E-state index contributed by atoms with van der Waals surface area (Å²) in [5.74, 6) is -0.590. The van der Waals surface area contributed by atoms with Crippen molar-refractivity contribution in [3.8, 4) is 11.5 Å².